The Kier molecular flexibility index (Phi) is 7.20. The van der Waals surface area contributed by atoms with Crippen LogP contribution in [0.4, 0.5) is 13.2 Å². The number of hydrogen-bond donors (Lipinski definition) is 1. The second kappa shape index (κ2) is 9.18. The van der Waals surface area contributed by atoms with Gasteiger partial charge in [0.1, 0.15) is 0 Å². The van der Waals surface area contributed by atoms with E-state index in [1.165, 1.54) is 24.1 Å². The molecule has 1 N–H and O–H groups in total. The SMILES string of the molecule is CNC(=O)CN(C)C(=O)CN1CCN(Cc2cccc(C(F)(F)F)c2)CC1. The summed E-state index contributed by atoms with van der Waals surface area (Å²) in [5.74, 6) is -0.360. The van der Waals surface area contributed by atoms with Gasteiger partial charge in [0.15, 0.2) is 0 Å². The lowest BCUT2D eigenvalue weighted by molar-refractivity contribution is -0.137. The first-order valence-electron chi connectivity index (χ1n) is 8.74. The highest BCUT2D eigenvalue weighted by molar-refractivity contribution is 5.85. The lowest BCUT2D eigenvalue weighted by Gasteiger charge is -2.35. The summed E-state index contributed by atoms with van der Waals surface area (Å²) in [7, 11) is 3.10. The second-order valence-corrected chi connectivity index (χ2v) is 6.67. The Hall–Kier alpha value is -2.13. The van der Waals surface area contributed by atoms with E-state index < -0.39 is 11.7 Å². The number of hydrogen-bond acceptors (Lipinski definition) is 4. The van der Waals surface area contributed by atoms with Crippen LogP contribution in [-0.4, -0.2) is 79.9 Å². The zero-order chi connectivity index (χ0) is 20.0. The molecule has 27 heavy (non-hydrogen) atoms. The molecule has 150 valence electrons. The topological polar surface area (TPSA) is 55.9 Å². The molecule has 0 atom stereocenters. The number of nitrogens with zero attached hydrogens (tertiary/aromatic N) is 3. The molecule has 1 aliphatic heterocycles. The summed E-state index contributed by atoms with van der Waals surface area (Å²) in [6.07, 6.45) is -4.34. The minimum absolute atomic E-state index is 0.0187. The van der Waals surface area contributed by atoms with E-state index in [1.54, 1.807) is 13.1 Å². The average molecular weight is 386 g/mol. The minimum Gasteiger partial charge on any atom is -0.358 e. The van der Waals surface area contributed by atoms with Crippen LogP contribution in [0.5, 0.6) is 0 Å². The maximum absolute atomic E-state index is 12.8. The summed E-state index contributed by atoms with van der Waals surface area (Å²) in [6, 6.07) is 5.38. The van der Waals surface area contributed by atoms with Crippen molar-refractivity contribution in [3.05, 3.63) is 35.4 Å². The van der Waals surface area contributed by atoms with Gasteiger partial charge in [-0.2, -0.15) is 13.2 Å². The van der Waals surface area contributed by atoms with Crippen molar-refractivity contribution < 1.29 is 22.8 Å². The summed E-state index contributed by atoms with van der Waals surface area (Å²) in [6.45, 7) is 3.33. The van der Waals surface area contributed by atoms with Crippen molar-refractivity contribution in [2.24, 2.45) is 0 Å². The Morgan fingerprint density at radius 2 is 1.78 bits per heavy atom. The van der Waals surface area contributed by atoms with Crippen molar-refractivity contribution in [2.75, 3.05) is 53.4 Å². The molecule has 2 amide bonds. The zero-order valence-corrected chi connectivity index (χ0v) is 15.6. The Balaban J connectivity index is 1.80. The van der Waals surface area contributed by atoms with Crippen LogP contribution in [0.2, 0.25) is 0 Å². The van der Waals surface area contributed by atoms with Crippen molar-refractivity contribution in [3.8, 4) is 0 Å². The van der Waals surface area contributed by atoms with Gasteiger partial charge in [0.05, 0.1) is 18.7 Å². The van der Waals surface area contributed by atoms with Gasteiger partial charge in [-0.1, -0.05) is 18.2 Å². The molecular formula is C18H25F3N4O2. The van der Waals surface area contributed by atoms with Crippen LogP contribution in [0.25, 0.3) is 0 Å². The predicted octanol–water partition coefficient (Wildman–Crippen LogP) is 1.03. The molecule has 1 aromatic carbocycles. The predicted molar refractivity (Wildman–Crippen MR) is 94.9 cm³/mol. The standard InChI is InChI=1S/C18H25F3N4O2/c1-22-16(26)12-23(2)17(27)13-25-8-6-24(7-9-25)11-14-4-3-5-15(10-14)18(19,20)21/h3-5,10H,6-9,11-13H2,1-2H3,(H,22,26). The highest BCUT2D eigenvalue weighted by Crippen LogP contribution is 2.29. The van der Waals surface area contributed by atoms with Gasteiger partial charge in [0.2, 0.25) is 11.8 Å². The maximum Gasteiger partial charge on any atom is 0.416 e. The number of carbonyl (C=O) groups excluding carboxylic acids is 2. The van der Waals surface area contributed by atoms with Crippen molar-refractivity contribution in [1.82, 2.24) is 20.0 Å². The molecular weight excluding hydrogens is 361 g/mol. The normalized spacial score (nSPS) is 16.2. The molecule has 1 fully saturated rings. The van der Waals surface area contributed by atoms with Crippen LogP contribution < -0.4 is 5.32 Å². The number of benzene rings is 1. The van der Waals surface area contributed by atoms with Gasteiger partial charge in [0.25, 0.3) is 0 Å². The maximum atomic E-state index is 12.8. The Morgan fingerprint density at radius 1 is 1.15 bits per heavy atom. The van der Waals surface area contributed by atoms with Crippen LogP contribution in [0, 0.1) is 0 Å². The molecule has 6 nitrogen and oxygen atoms in total. The molecule has 1 saturated heterocycles. The Labute approximate surface area is 156 Å². The summed E-state index contributed by atoms with van der Waals surface area (Å²) >= 11 is 0. The molecule has 1 aliphatic rings. The van der Waals surface area contributed by atoms with Crippen molar-refractivity contribution in [1.29, 1.82) is 0 Å². The van der Waals surface area contributed by atoms with E-state index in [1.807, 2.05) is 4.90 Å². The number of nitrogens with one attached hydrogen (secondary N) is 1. The van der Waals surface area contributed by atoms with Gasteiger partial charge >= 0.3 is 6.18 Å². The zero-order valence-electron chi connectivity index (χ0n) is 15.6. The first-order chi connectivity index (χ1) is 12.7. The first kappa shape index (κ1) is 21.2. The van der Waals surface area contributed by atoms with E-state index >= 15 is 0 Å². The van der Waals surface area contributed by atoms with Crippen LogP contribution in [-0.2, 0) is 22.3 Å². The number of likely N-dealkylation sites (N-methyl/N-ethyl adjacent to an activating group) is 2. The van der Waals surface area contributed by atoms with Crippen LogP contribution in [0.1, 0.15) is 11.1 Å². The molecule has 0 unspecified atom stereocenters. The third-order valence-electron chi connectivity index (χ3n) is 4.57. The molecule has 0 spiro atoms. The number of alkyl halides is 3. The van der Waals surface area contributed by atoms with Crippen LogP contribution in [0.15, 0.2) is 24.3 Å². The lowest BCUT2D eigenvalue weighted by atomic mass is 10.1. The van der Waals surface area contributed by atoms with Crippen molar-refractivity contribution >= 4 is 11.8 Å². The summed E-state index contributed by atoms with van der Waals surface area (Å²) in [5, 5.41) is 2.47. The van der Waals surface area contributed by atoms with Gasteiger partial charge in [-0.25, -0.2) is 0 Å². The molecule has 1 heterocycles. The third-order valence-corrected chi connectivity index (χ3v) is 4.57. The monoisotopic (exact) mass is 386 g/mol. The quantitative estimate of drug-likeness (QED) is 0.794. The molecule has 9 heteroatoms. The van der Waals surface area contributed by atoms with Gasteiger partial charge < -0.3 is 10.2 Å². The molecule has 0 aliphatic carbocycles. The lowest BCUT2D eigenvalue weighted by Crippen LogP contribution is -2.50. The van der Waals surface area contributed by atoms with E-state index in [0.29, 0.717) is 38.3 Å². The van der Waals surface area contributed by atoms with Crippen LogP contribution >= 0.6 is 0 Å². The third kappa shape index (κ3) is 6.51. The smallest absolute Gasteiger partial charge is 0.358 e. The summed E-state index contributed by atoms with van der Waals surface area (Å²) < 4.78 is 38.4. The van der Waals surface area contributed by atoms with Crippen molar-refractivity contribution in [2.45, 2.75) is 12.7 Å². The van der Waals surface area contributed by atoms with Gasteiger partial charge in [-0.15, -0.1) is 0 Å². The fraction of sp³-hybridized carbons (Fsp3) is 0.556. The largest absolute Gasteiger partial charge is 0.416 e. The number of piperazine rings is 1. The highest BCUT2D eigenvalue weighted by atomic mass is 19.4. The Morgan fingerprint density at radius 3 is 2.37 bits per heavy atom. The minimum atomic E-state index is -4.34. The fourth-order valence-corrected chi connectivity index (χ4v) is 2.90. The molecule has 2 rings (SSSR count). The van der Waals surface area contributed by atoms with E-state index in [0.717, 1.165) is 6.07 Å². The Bertz CT molecular complexity index is 658. The highest BCUT2D eigenvalue weighted by Gasteiger charge is 2.30. The molecule has 0 bridgehead atoms. The first-order valence-corrected chi connectivity index (χ1v) is 8.74. The van der Waals surface area contributed by atoms with Gasteiger partial charge in [0, 0.05) is 46.8 Å². The van der Waals surface area contributed by atoms with Crippen LogP contribution in [0.3, 0.4) is 0 Å². The van der Waals surface area contributed by atoms with E-state index in [-0.39, 0.29) is 24.9 Å². The number of rotatable bonds is 6. The number of amides is 2. The van der Waals surface area contributed by atoms with Crippen molar-refractivity contribution in [3.63, 3.8) is 0 Å². The average Bonchev–Trinajstić information content (AvgIpc) is 2.62. The van der Waals surface area contributed by atoms with E-state index in [9.17, 15) is 22.8 Å². The molecule has 0 radical (unpaired) electrons. The molecule has 0 saturated carbocycles. The van der Waals surface area contributed by atoms with E-state index in [2.05, 4.69) is 10.2 Å². The van der Waals surface area contributed by atoms with Gasteiger partial charge in [-0.3, -0.25) is 19.4 Å². The number of halogens is 3. The second-order valence-electron chi connectivity index (χ2n) is 6.67. The molecule has 1 aromatic rings. The fourth-order valence-electron chi connectivity index (χ4n) is 2.90. The number of carbonyl (C=O) groups is 2. The van der Waals surface area contributed by atoms with Gasteiger partial charge in [-0.05, 0) is 11.6 Å². The summed E-state index contributed by atoms with van der Waals surface area (Å²) in [5.41, 5.74) is -0.0111. The molecule has 0 aromatic heterocycles. The summed E-state index contributed by atoms with van der Waals surface area (Å²) in [4.78, 5) is 28.9. The van der Waals surface area contributed by atoms with E-state index in [4.69, 9.17) is 0 Å².